The first-order valence-corrected chi connectivity index (χ1v) is 9.58. The highest BCUT2D eigenvalue weighted by molar-refractivity contribution is 6.38. The van der Waals surface area contributed by atoms with Gasteiger partial charge in [0.15, 0.2) is 0 Å². The third-order valence-corrected chi connectivity index (χ3v) is 5.69. The number of rotatable bonds is 4. The van der Waals surface area contributed by atoms with Crippen LogP contribution in [-0.2, 0) is 0 Å². The highest BCUT2D eigenvalue weighted by Gasteiger charge is 2.28. The number of carboxylic acids is 1. The van der Waals surface area contributed by atoms with Crippen LogP contribution in [0.5, 0.6) is 0 Å². The van der Waals surface area contributed by atoms with E-state index in [4.69, 9.17) is 11.6 Å². The fraction of sp³-hybridized carbons (Fsp3) is 0.238. The van der Waals surface area contributed by atoms with Crippen LogP contribution < -0.4 is 15.6 Å². The molecule has 29 heavy (non-hydrogen) atoms. The predicted molar refractivity (Wildman–Crippen MR) is 111 cm³/mol. The lowest BCUT2D eigenvalue weighted by atomic mass is 10.1. The highest BCUT2D eigenvalue weighted by Crippen LogP contribution is 2.38. The van der Waals surface area contributed by atoms with Crippen LogP contribution in [0.1, 0.15) is 16.8 Å². The van der Waals surface area contributed by atoms with Crippen LogP contribution in [0.4, 0.5) is 10.1 Å². The van der Waals surface area contributed by atoms with Gasteiger partial charge >= 0.3 is 5.97 Å². The van der Waals surface area contributed by atoms with Gasteiger partial charge in [-0.05, 0) is 31.7 Å². The maximum Gasteiger partial charge on any atom is 0.341 e. The van der Waals surface area contributed by atoms with E-state index in [2.05, 4.69) is 5.32 Å². The average molecular weight is 416 g/mol. The van der Waals surface area contributed by atoms with Crippen molar-refractivity contribution < 1.29 is 14.3 Å². The Morgan fingerprint density at radius 2 is 2.03 bits per heavy atom. The number of nitrogens with zero attached hydrogens (tertiary/aromatic N) is 2. The van der Waals surface area contributed by atoms with Gasteiger partial charge in [-0.15, -0.1) is 0 Å². The first-order valence-electron chi connectivity index (χ1n) is 9.20. The number of benzene rings is 2. The van der Waals surface area contributed by atoms with Crippen molar-refractivity contribution in [3.63, 3.8) is 0 Å². The molecule has 1 aliphatic rings. The van der Waals surface area contributed by atoms with Crippen molar-refractivity contribution >= 4 is 34.2 Å². The summed E-state index contributed by atoms with van der Waals surface area (Å²) in [6, 6.07) is 10.2. The van der Waals surface area contributed by atoms with Crippen LogP contribution in [0.2, 0.25) is 5.02 Å². The average Bonchev–Trinajstić information content (AvgIpc) is 3.18. The zero-order chi connectivity index (χ0) is 20.7. The van der Waals surface area contributed by atoms with Gasteiger partial charge in [0, 0.05) is 31.0 Å². The zero-order valence-corrected chi connectivity index (χ0v) is 16.4. The lowest BCUT2D eigenvalue weighted by molar-refractivity contribution is 0.0695. The topological polar surface area (TPSA) is 74.6 Å². The molecule has 6 nitrogen and oxygen atoms in total. The molecule has 2 heterocycles. The van der Waals surface area contributed by atoms with Crippen LogP contribution in [0, 0.1) is 5.82 Å². The summed E-state index contributed by atoms with van der Waals surface area (Å²) in [4.78, 5) is 26.2. The standard InChI is InChI=1S/C21H19ClFN3O3/c1-24-12-7-8-25(10-12)19-16(23)9-14-18(17(19)22)26(13-5-3-2-4-6-13)11-15(20(14)27)21(28)29/h2-6,9,11-12,24H,7-8,10H2,1H3,(H,28,29). The molecule has 8 heteroatoms. The van der Waals surface area contributed by atoms with Crippen molar-refractivity contribution in [1.29, 1.82) is 0 Å². The molecule has 0 spiro atoms. The molecule has 0 amide bonds. The van der Waals surface area contributed by atoms with E-state index in [1.54, 1.807) is 24.3 Å². The molecule has 0 saturated carbocycles. The summed E-state index contributed by atoms with van der Waals surface area (Å²) in [5.41, 5.74) is -0.0715. The summed E-state index contributed by atoms with van der Waals surface area (Å²) >= 11 is 6.67. The number of carboxylic acid groups (broad SMARTS) is 1. The normalized spacial score (nSPS) is 16.5. The number of para-hydroxylation sites is 1. The van der Waals surface area contributed by atoms with E-state index < -0.39 is 22.8 Å². The minimum Gasteiger partial charge on any atom is -0.477 e. The molecule has 2 N–H and O–H groups in total. The molecule has 1 aromatic heterocycles. The first-order chi connectivity index (χ1) is 13.9. The van der Waals surface area contributed by atoms with Crippen molar-refractivity contribution in [2.45, 2.75) is 12.5 Å². The molecule has 0 aliphatic carbocycles. The van der Waals surface area contributed by atoms with E-state index in [1.807, 2.05) is 18.0 Å². The number of aromatic nitrogens is 1. The van der Waals surface area contributed by atoms with Gasteiger partial charge in [-0.1, -0.05) is 29.8 Å². The zero-order valence-electron chi connectivity index (χ0n) is 15.7. The van der Waals surface area contributed by atoms with Crippen LogP contribution in [0.3, 0.4) is 0 Å². The second-order valence-electron chi connectivity index (χ2n) is 7.02. The summed E-state index contributed by atoms with van der Waals surface area (Å²) in [7, 11) is 1.85. The second-order valence-corrected chi connectivity index (χ2v) is 7.40. The summed E-state index contributed by atoms with van der Waals surface area (Å²) < 4.78 is 16.6. The minimum absolute atomic E-state index is 0.0654. The molecular formula is C21H19ClFN3O3. The van der Waals surface area contributed by atoms with Crippen LogP contribution in [0.25, 0.3) is 16.6 Å². The minimum atomic E-state index is -1.38. The number of halogens is 2. The molecular weight excluding hydrogens is 397 g/mol. The number of fused-ring (bicyclic) bond motifs is 1. The number of hydrogen-bond acceptors (Lipinski definition) is 4. The van der Waals surface area contributed by atoms with Gasteiger partial charge < -0.3 is 19.9 Å². The SMILES string of the molecule is CNC1CCN(c2c(F)cc3c(=O)c(C(=O)O)cn(-c4ccccc4)c3c2Cl)C1. The summed E-state index contributed by atoms with van der Waals surface area (Å²) in [5, 5.41) is 12.7. The molecule has 1 fully saturated rings. The number of anilines is 1. The van der Waals surface area contributed by atoms with E-state index in [-0.39, 0.29) is 27.7 Å². The summed E-state index contributed by atoms with van der Waals surface area (Å²) in [6.07, 6.45) is 2.09. The molecule has 0 bridgehead atoms. The predicted octanol–water partition coefficient (Wildman–Crippen LogP) is 3.28. The Morgan fingerprint density at radius 1 is 1.31 bits per heavy atom. The molecule has 1 saturated heterocycles. The number of likely N-dealkylation sites (N-methyl/N-ethyl adjacent to an activating group) is 1. The van der Waals surface area contributed by atoms with Gasteiger partial charge in [-0.3, -0.25) is 4.79 Å². The summed E-state index contributed by atoms with van der Waals surface area (Å²) in [5.74, 6) is -2.02. The first kappa shape index (κ1) is 19.4. The molecule has 2 aromatic carbocycles. The van der Waals surface area contributed by atoms with Gasteiger partial charge in [0.25, 0.3) is 0 Å². The maximum absolute atomic E-state index is 15.1. The van der Waals surface area contributed by atoms with E-state index in [9.17, 15) is 14.7 Å². The fourth-order valence-corrected chi connectivity index (χ4v) is 4.24. The Labute approximate surface area is 171 Å². The monoisotopic (exact) mass is 415 g/mol. The van der Waals surface area contributed by atoms with Crippen molar-refractivity contribution in [2.24, 2.45) is 0 Å². The summed E-state index contributed by atoms with van der Waals surface area (Å²) in [6.45, 7) is 1.21. The molecule has 4 rings (SSSR count). The Hall–Kier alpha value is -2.90. The third kappa shape index (κ3) is 3.26. The Morgan fingerprint density at radius 3 is 2.66 bits per heavy atom. The second kappa shape index (κ2) is 7.50. The third-order valence-electron chi connectivity index (χ3n) is 5.33. The molecule has 1 atom stereocenters. The van der Waals surface area contributed by atoms with E-state index in [0.29, 0.717) is 18.8 Å². The van der Waals surface area contributed by atoms with Crippen LogP contribution in [-0.4, -0.2) is 41.8 Å². The van der Waals surface area contributed by atoms with Gasteiger partial charge in [-0.2, -0.15) is 0 Å². The van der Waals surface area contributed by atoms with Crippen molar-refractivity contribution in [2.75, 3.05) is 25.0 Å². The van der Waals surface area contributed by atoms with E-state index in [1.165, 1.54) is 10.8 Å². The van der Waals surface area contributed by atoms with Crippen molar-refractivity contribution in [3.05, 3.63) is 69.2 Å². The van der Waals surface area contributed by atoms with Crippen molar-refractivity contribution in [3.8, 4) is 5.69 Å². The van der Waals surface area contributed by atoms with Gasteiger partial charge in [-0.25, -0.2) is 9.18 Å². The lowest BCUT2D eigenvalue weighted by Crippen LogP contribution is -2.30. The smallest absolute Gasteiger partial charge is 0.341 e. The molecule has 150 valence electrons. The lowest BCUT2D eigenvalue weighted by Gasteiger charge is -2.23. The Balaban J connectivity index is 2.05. The quantitative estimate of drug-likeness (QED) is 0.684. The van der Waals surface area contributed by atoms with Gasteiger partial charge in [0.2, 0.25) is 5.43 Å². The van der Waals surface area contributed by atoms with E-state index in [0.717, 1.165) is 12.5 Å². The molecule has 1 aliphatic heterocycles. The Bertz CT molecular complexity index is 1160. The molecule has 0 radical (unpaired) electrons. The fourth-order valence-electron chi connectivity index (χ4n) is 3.84. The molecule has 3 aromatic rings. The number of nitrogens with one attached hydrogen (secondary N) is 1. The van der Waals surface area contributed by atoms with Crippen molar-refractivity contribution in [1.82, 2.24) is 9.88 Å². The largest absolute Gasteiger partial charge is 0.477 e. The number of pyridine rings is 1. The molecule has 1 unspecified atom stereocenters. The number of hydrogen-bond donors (Lipinski definition) is 2. The van der Waals surface area contributed by atoms with Gasteiger partial charge in [0.05, 0.1) is 21.6 Å². The van der Waals surface area contributed by atoms with Crippen LogP contribution >= 0.6 is 11.6 Å². The Kier molecular flexibility index (Phi) is 5.02. The maximum atomic E-state index is 15.1. The highest BCUT2D eigenvalue weighted by atomic mass is 35.5. The number of carbonyl (C=O) groups is 1. The van der Waals surface area contributed by atoms with Gasteiger partial charge in [0.1, 0.15) is 11.4 Å². The van der Waals surface area contributed by atoms with Crippen LogP contribution in [0.15, 0.2) is 47.4 Å². The van der Waals surface area contributed by atoms with E-state index >= 15 is 4.39 Å². The number of aromatic carboxylic acids is 1.